The number of hydrogen-bond acceptors (Lipinski definition) is 1. The monoisotopic (exact) mass is 282 g/mol. The molecule has 1 aromatic carbocycles. The fourth-order valence-electron chi connectivity index (χ4n) is 3.01. The standard InChI is InChI=1S/C15H17F3N2/c1-9-3-4-13-11(5-9)12-6-10(2)20(7-14(12)19-13)8-15(16,17)18/h3-5,10,19H,6-8H2,1-2H3/t10-/m1/s1. The highest BCUT2D eigenvalue weighted by Gasteiger charge is 2.35. The lowest BCUT2D eigenvalue weighted by atomic mass is 9.97. The molecular formula is C15H17F3N2. The fraction of sp³-hybridized carbons (Fsp3) is 0.467. The summed E-state index contributed by atoms with van der Waals surface area (Å²) in [7, 11) is 0. The minimum absolute atomic E-state index is 0.0939. The third-order valence-corrected chi connectivity index (χ3v) is 4.02. The van der Waals surface area contributed by atoms with Gasteiger partial charge in [-0.15, -0.1) is 0 Å². The lowest BCUT2D eigenvalue weighted by molar-refractivity contribution is -0.152. The molecule has 1 N–H and O–H groups in total. The zero-order valence-electron chi connectivity index (χ0n) is 11.5. The number of benzene rings is 1. The molecule has 1 atom stereocenters. The Morgan fingerprint density at radius 3 is 2.80 bits per heavy atom. The van der Waals surface area contributed by atoms with Gasteiger partial charge in [-0.3, -0.25) is 4.90 Å². The Morgan fingerprint density at radius 1 is 1.35 bits per heavy atom. The van der Waals surface area contributed by atoms with Crippen molar-refractivity contribution < 1.29 is 13.2 Å². The zero-order chi connectivity index (χ0) is 14.5. The minimum Gasteiger partial charge on any atom is -0.357 e. The molecule has 0 amide bonds. The number of aryl methyl sites for hydroxylation is 1. The van der Waals surface area contributed by atoms with Gasteiger partial charge in [0.2, 0.25) is 0 Å². The summed E-state index contributed by atoms with van der Waals surface area (Å²) >= 11 is 0. The van der Waals surface area contributed by atoms with Crippen molar-refractivity contribution in [2.24, 2.45) is 0 Å². The molecule has 0 unspecified atom stereocenters. The van der Waals surface area contributed by atoms with Crippen molar-refractivity contribution in [1.29, 1.82) is 0 Å². The molecule has 0 fully saturated rings. The Hall–Kier alpha value is -1.49. The number of fused-ring (bicyclic) bond motifs is 3. The molecule has 2 nitrogen and oxygen atoms in total. The van der Waals surface area contributed by atoms with Crippen LogP contribution in [0.15, 0.2) is 18.2 Å². The van der Waals surface area contributed by atoms with Gasteiger partial charge in [0.25, 0.3) is 0 Å². The Morgan fingerprint density at radius 2 is 2.10 bits per heavy atom. The molecule has 1 aliphatic heterocycles. The van der Waals surface area contributed by atoms with E-state index in [9.17, 15) is 13.2 Å². The molecule has 2 heterocycles. The van der Waals surface area contributed by atoms with Crippen molar-refractivity contribution in [3.8, 4) is 0 Å². The van der Waals surface area contributed by atoms with E-state index >= 15 is 0 Å². The van der Waals surface area contributed by atoms with Crippen LogP contribution in [0.2, 0.25) is 0 Å². The number of rotatable bonds is 1. The van der Waals surface area contributed by atoms with Crippen molar-refractivity contribution in [3.05, 3.63) is 35.0 Å². The van der Waals surface area contributed by atoms with Crippen molar-refractivity contribution in [1.82, 2.24) is 9.88 Å². The average molecular weight is 282 g/mol. The number of nitrogens with one attached hydrogen (secondary N) is 1. The smallest absolute Gasteiger partial charge is 0.357 e. The molecular weight excluding hydrogens is 265 g/mol. The number of halogens is 3. The van der Waals surface area contributed by atoms with Gasteiger partial charge in [-0.2, -0.15) is 13.2 Å². The van der Waals surface area contributed by atoms with E-state index in [2.05, 4.69) is 11.1 Å². The van der Waals surface area contributed by atoms with Crippen LogP contribution in [0.1, 0.15) is 23.7 Å². The summed E-state index contributed by atoms with van der Waals surface area (Å²) < 4.78 is 37.8. The molecule has 0 saturated carbocycles. The molecule has 2 aromatic rings. The second kappa shape index (κ2) is 4.52. The minimum atomic E-state index is -4.14. The summed E-state index contributed by atoms with van der Waals surface area (Å²) in [6.45, 7) is 3.39. The van der Waals surface area contributed by atoms with E-state index in [1.807, 2.05) is 26.0 Å². The van der Waals surface area contributed by atoms with E-state index < -0.39 is 12.7 Å². The van der Waals surface area contributed by atoms with Crippen LogP contribution in [0.25, 0.3) is 10.9 Å². The van der Waals surface area contributed by atoms with Crippen LogP contribution in [0.4, 0.5) is 13.2 Å². The maximum absolute atomic E-state index is 12.6. The van der Waals surface area contributed by atoms with Gasteiger partial charge in [0, 0.05) is 29.2 Å². The first-order chi connectivity index (χ1) is 9.33. The number of aromatic amines is 1. The molecule has 5 heteroatoms. The summed E-state index contributed by atoms with van der Waals surface area (Å²) in [5, 5.41) is 1.15. The molecule has 0 bridgehead atoms. The van der Waals surface area contributed by atoms with Gasteiger partial charge >= 0.3 is 6.18 Å². The fourth-order valence-corrected chi connectivity index (χ4v) is 3.01. The van der Waals surface area contributed by atoms with E-state index in [0.717, 1.165) is 16.6 Å². The van der Waals surface area contributed by atoms with Crippen molar-refractivity contribution in [2.75, 3.05) is 6.54 Å². The lowest BCUT2D eigenvalue weighted by Gasteiger charge is -2.33. The predicted molar refractivity (Wildman–Crippen MR) is 72.7 cm³/mol. The van der Waals surface area contributed by atoms with Crippen molar-refractivity contribution in [2.45, 2.75) is 39.0 Å². The van der Waals surface area contributed by atoms with Gasteiger partial charge in [-0.1, -0.05) is 11.6 Å². The second-order valence-electron chi connectivity index (χ2n) is 5.70. The van der Waals surface area contributed by atoms with E-state index in [0.29, 0.717) is 13.0 Å². The van der Waals surface area contributed by atoms with Gasteiger partial charge in [0.15, 0.2) is 0 Å². The van der Waals surface area contributed by atoms with Crippen LogP contribution in [0, 0.1) is 6.92 Å². The van der Waals surface area contributed by atoms with Gasteiger partial charge < -0.3 is 4.98 Å². The first-order valence-electron chi connectivity index (χ1n) is 6.74. The molecule has 0 radical (unpaired) electrons. The second-order valence-corrected chi connectivity index (χ2v) is 5.70. The summed E-state index contributed by atoms with van der Waals surface area (Å²) in [5.74, 6) is 0. The molecule has 108 valence electrons. The summed E-state index contributed by atoms with van der Waals surface area (Å²) in [4.78, 5) is 4.76. The van der Waals surface area contributed by atoms with E-state index in [4.69, 9.17) is 0 Å². The van der Waals surface area contributed by atoms with Gasteiger partial charge in [0.05, 0.1) is 6.54 Å². The molecule has 0 saturated heterocycles. The molecule has 20 heavy (non-hydrogen) atoms. The first kappa shape index (κ1) is 13.5. The Balaban J connectivity index is 1.97. The Labute approximate surface area is 115 Å². The van der Waals surface area contributed by atoms with Crippen LogP contribution in [-0.4, -0.2) is 28.6 Å². The predicted octanol–water partition coefficient (Wildman–Crippen LogP) is 3.79. The number of hydrogen-bond donors (Lipinski definition) is 1. The molecule has 1 aliphatic rings. The number of nitrogens with zero attached hydrogens (tertiary/aromatic N) is 1. The van der Waals surface area contributed by atoms with Gasteiger partial charge in [0.1, 0.15) is 0 Å². The topological polar surface area (TPSA) is 19.0 Å². The Kier molecular flexibility index (Phi) is 3.05. The van der Waals surface area contributed by atoms with Crippen molar-refractivity contribution >= 4 is 10.9 Å². The SMILES string of the molecule is Cc1ccc2[nH]c3c(c2c1)C[C@@H](C)N(CC(F)(F)F)C3. The number of alkyl halides is 3. The van der Waals surface area contributed by atoms with Crippen LogP contribution < -0.4 is 0 Å². The summed E-state index contributed by atoms with van der Waals surface area (Å²) in [6, 6.07) is 6.03. The number of aromatic nitrogens is 1. The lowest BCUT2D eigenvalue weighted by Crippen LogP contribution is -2.43. The van der Waals surface area contributed by atoms with Crippen LogP contribution in [-0.2, 0) is 13.0 Å². The van der Waals surface area contributed by atoms with E-state index in [-0.39, 0.29) is 6.04 Å². The van der Waals surface area contributed by atoms with Crippen molar-refractivity contribution in [3.63, 3.8) is 0 Å². The highest BCUT2D eigenvalue weighted by Crippen LogP contribution is 2.32. The summed E-state index contributed by atoms with van der Waals surface area (Å²) in [5.41, 5.74) is 4.29. The highest BCUT2D eigenvalue weighted by atomic mass is 19.4. The quantitative estimate of drug-likeness (QED) is 0.843. The van der Waals surface area contributed by atoms with Gasteiger partial charge in [-0.25, -0.2) is 0 Å². The molecule has 0 aliphatic carbocycles. The highest BCUT2D eigenvalue weighted by molar-refractivity contribution is 5.85. The van der Waals surface area contributed by atoms with E-state index in [1.165, 1.54) is 16.0 Å². The third-order valence-electron chi connectivity index (χ3n) is 4.02. The maximum Gasteiger partial charge on any atom is 0.401 e. The van der Waals surface area contributed by atoms with Crippen LogP contribution in [0.3, 0.4) is 0 Å². The summed E-state index contributed by atoms with van der Waals surface area (Å²) in [6.07, 6.45) is -3.48. The zero-order valence-corrected chi connectivity index (χ0v) is 11.5. The number of H-pyrrole nitrogens is 1. The largest absolute Gasteiger partial charge is 0.401 e. The van der Waals surface area contributed by atoms with Crippen LogP contribution >= 0.6 is 0 Å². The normalized spacial score (nSPS) is 20.4. The van der Waals surface area contributed by atoms with E-state index in [1.54, 1.807) is 0 Å². The average Bonchev–Trinajstić information content (AvgIpc) is 2.65. The molecule has 0 spiro atoms. The van der Waals surface area contributed by atoms with Gasteiger partial charge in [-0.05, 0) is 38.0 Å². The Bertz CT molecular complexity index is 642. The third kappa shape index (κ3) is 2.42. The molecule has 1 aromatic heterocycles. The van der Waals surface area contributed by atoms with Crippen LogP contribution in [0.5, 0.6) is 0 Å². The maximum atomic E-state index is 12.6. The molecule has 3 rings (SSSR count). The first-order valence-corrected chi connectivity index (χ1v) is 6.74.